The molecule has 0 unspecified atom stereocenters. The van der Waals surface area contributed by atoms with Crippen molar-refractivity contribution in [2.75, 3.05) is 0 Å². The van der Waals surface area contributed by atoms with Crippen molar-refractivity contribution < 1.29 is 4.79 Å². The monoisotopic (exact) mass is 370 g/mol. The fraction of sp³-hybridized carbons (Fsp3) is 0. The van der Waals surface area contributed by atoms with Crippen LogP contribution in [0, 0.1) is 0 Å². The Morgan fingerprint density at radius 3 is 2.74 bits per heavy atom. The SMILES string of the molecule is NC(=O)c1cc(-c2cc(-c3cc4ccccc4s3)c3[nH]ncc3c2)ccn1. The Morgan fingerprint density at radius 1 is 1.00 bits per heavy atom. The molecule has 0 spiro atoms. The minimum absolute atomic E-state index is 0.253. The molecule has 3 heterocycles. The summed E-state index contributed by atoms with van der Waals surface area (Å²) in [5.74, 6) is -0.536. The molecule has 2 aromatic carbocycles. The number of nitrogens with one attached hydrogen (secondary N) is 1. The molecule has 3 aromatic heterocycles. The number of primary amides is 1. The van der Waals surface area contributed by atoms with E-state index in [4.69, 9.17) is 5.73 Å². The summed E-state index contributed by atoms with van der Waals surface area (Å²) in [6.07, 6.45) is 3.42. The summed E-state index contributed by atoms with van der Waals surface area (Å²) in [4.78, 5) is 16.7. The average Bonchev–Trinajstić information content (AvgIpc) is 3.33. The lowest BCUT2D eigenvalue weighted by Crippen LogP contribution is -2.12. The minimum atomic E-state index is -0.536. The first kappa shape index (κ1) is 15.7. The summed E-state index contributed by atoms with van der Waals surface area (Å²) in [6.45, 7) is 0. The quantitative estimate of drug-likeness (QED) is 0.486. The second-order valence-corrected chi connectivity index (χ2v) is 7.38. The Kier molecular flexibility index (Phi) is 3.51. The standard InChI is InChI=1S/C21H14N4OS/c22-21(26)17-9-12(5-6-23-17)14-7-15-11-24-25-20(15)16(8-14)19-10-13-3-1-2-4-18(13)27-19/h1-11H,(H2,22,26)(H,24,25). The normalized spacial score (nSPS) is 11.3. The number of thiophene rings is 1. The number of hydrogen-bond acceptors (Lipinski definition) is 4. The minimum Gasteiger partial charge on any atom is -0.364 e. The zero-order valence-corrected chi connectivity index (χ0v) is 15.0. The first-order valence-corrected chi connectivity index (χ1v) is 9.23. The van der Waals surface area contributed by atoms with Gasteiger partial charge in [-0.15, -0.1) is 11.3 Å². The number of pyridine rings is 1. The molecule has 0 aliphatic heterocycles. The molecule has 130 valence electrons. The summed E-state index contributed by atoms with van der Waals surface area (Å²) >= 11 is 1.75. The summed E-state index contributed by atoms with van der Waals surface area (Å²) in [6, 6.07) is 18.3. The molecule has 0 saturated heterocycles. The maximum absolute atomic E-state index is 11.5. The van der Waals surface area contributed by atoms with Gasteiger partial charge in [-0.05, 0) is 52.9 Å². The molecule has 0 aliphatic rings. The average molecular weight is 370 g/mol. The summed E-state index contributed by atoms with van der Waals surface area (Å²) in [5, 5.41) is 9.55. The highest BCUT2D eigenvalue weighted by molar-refractivity contribution is 7.22. The van der Waals surface area contributed by atoms with Crippen molar-refractivity contribution >= 4 is 38.2 Å². The predicted molar refractivity (Wildman–Crippen MR) is 109 cm³/mol. The van der Waals surface area contributed by atoms with Gasteiger partial charge in [0.1, 0.15) is 5.69 Å². The van der Waals surface area contributed by atoms with Crippen LogP contribution in [0.5, 0.6) is 0 Å². The third-order valence-electron chi connectivity index (χ3n) is 4.59. The number of nitrogens with two attached hydrogens (primary N) is 1. The number of rotatable bonds is 3. The van der Waals surface area contributed by atoms with Crippen molar-refractivity contribution in [3.63, 3.8) is 0 Å². The van der Waals surface area contributed by atoms with E-state index < -0.39 is 5.91 Å². The smallest absolute Gasteiger partial charge is 0.267 e. The molecule has 0 aliphatic carbocycles. The van der Waals surface area contributed by atoms with E-state index in [0.717, 1.165) is 32.5 Å². The molecule has 0 radical (unpaired) electrons. The van der Waals surface area contributed by atoms with Crippen molar-refractivity contribution in [2.45, 2.75) is 0 Å². The fourth-order valence-electron chi connectivity index (χ4n) is 3.28. The largest absolute Gasteiger partial charge is 0.364 e. The molecular weight excluding hydrogens is 356 g/mol. The van der Waals surface area contributed by atoms with Crippen LogP contribution in [0.2, 0.25) is 0 Å². The number of benzene rings is 2. The molecular formula is C21H14N4OS. The lowest BCUT2D eigenvalue weighted by molar-refractivity contribution is 0.0995. The number of carbonyl (C=O) groups is 1. The zero-order valence-electron chi connectivity index (χ0n) is 14.1. The Labute approximate surface area is 158 Å². The van der Waals surface area contributed by atoms with Crippen LogP contribution in [-0.4, -0.2) is 21.1 Å². The number of aromatic amines is 1. The van der Waals surface area contributed by atoms with E-state index in [9.17, 15) is 4.79 Å². The molecule has 0 saturated carbocycles. The van der Waals surface area contributed by atoms with Gasteiger partial charge in [0.25, 0.3) is 5.91 Å². The van der Waals surface area contributed by atoms with E-state index in [0.29, 0.717) is 0 Å². The number of carbonyl (C=O) groups excluding carboxylic acids is 1. The Balaban J connectivity index is 1.74. The first-order chi connectivity index (χ1) is 13.2. The van der Waals surface area contributed by atoms with Crippen LogP contribution in [0.15, 0.2) is 67.0 Å². The van der Waals surface area contributed by atoms with Gasteiger partial charge in [-0.2, -0.15) is 5.10 Å². The Bertz CT molecular complexity index is 1290. The molecule has 27 heavy (non-hydrogen) atoms. The fourth-order valence-corrected chi connectivity index (χ4v) is 4.36. The van der Waals surface area contributed by atoms with E-state index >= 15 is 0 Å². The lowest BCUT2D eigenvalue weighted by Gasteiger charge is -2.07. The molecule has 1 amide bonds. The van der Waals surface area contributed by atoms with Gasteiger partial charge < -0.3 is 5.73 Å². The van der Waals surface area contributed by atoms with Gasteiger partial charge in [0.15, 0.2) is 0 Å². The van der Waals surface area contributed by atoms with Crippen molar-refractivity contribution in [2.24, 2.45) is 5.73 Å². The molecule has 5 rings (SSSR count). The number of nitrogens with zero attached hydrogens (tertiary/aromatic N) is 2. The van der Waals surface area contributed by atoms with E-state index in [-0.39, 0.29) is 5.69 Å². The van der Waals surface area contributed by atoms with Gasteiger partial charge >= 0.3 is 0 Å². The lowest BCUT2D eigenvalue weighted by atomic mass is 9.99. The third-order valence-corrected chi connectivity index (χ3v) is 5.73. The van der Waals surface area contributed by atoms with Crippen LogP contribution in [-0.2, 0) is 0 Å². The van der Waals surface area contributed by atoms with Gasteiger partial charge in [0, 0.05) is 26.7 Å². The molecule has 0 atom stereocenters. The zero-order chi connectivity index (χ0) is 18.4. The number of H-pyrrole nitrogens is 1. The topological polar surface area (TPSA) is 84.7 Å². The van der Waals surface area contributed by atoms with Gasteiger partial charge in [-0.1, -0.05) is 18.2 Å². The number of hydrogen-bond donors (Lipinski definition) is 2. The maximum Gasteiger partial charge on any atom is 0.267 e. The third kappa shape index (κ3) is 2.67. The first-order valence-electron chi connectivity index (χ1n) is 8.41. The molecule has 5 aromatic rings. The van der Waals surface area contributed by atoms with Crippen LogP contribution in [0.3, 0.4) is 0 Å². The van der Waals surface area contributed by atoms with Crippen LogP contribution in [0.25, 0.3) is 42.6 Å². The highest BCUT2D eigenvalue weighted by atomic mass is 32.1. The van der Waals surface area contributed by atoms with Crippen molar-refractivity contribution in [3.8, 4) is 21.6 Å². The maximum atomic E-state index is 11.5. The number of fused-ring (bicyclic) bond motifs is 2. The van der Waals surface area contributed by atoms with Gasteiger partial charge in [-0.25, -0.2) is 0 Å². The van der Waals surface area contributed by atoms with Crippen molar-refractivity contribution in [1.29, 1.82) is 0 Å². The predicted octanol–water partition coefficient (Wildman–Crippen LogP) is 4.61. The molecule has 0 fully saturated rings. The van der Waals surface area contributed by atoms with E-state index in [1.54, 1.807) is 23.6 Å². The van der Waals surface area contributed by atoms with E-state index in [2.05, 4.69) is 45.5 Å². The highest BCUT2D eigenvalue weighted by Gasteiger charge is 2.13. The summed E-state index contributed by atoms with van der Waals surface area (Å²) < 4.78 is 1.24. The van der Waals surface area contributed by atoms with Gasteiger partial charge in [-0.3, -0.25) is 14.9 Å². The van der Waals surface area contributed by atoms with Crippen LogP contribution >= 0.6 is 11.3 Å². The summed E-state index contributed by atoms with van der Waals surface area (Å²) in [7, 11) is 0. The van der Waals surface area contributed by atoms with Crippen LogP contribution in [0.1, 0.15) is 10.5 Å². The molecule has 6 heteroatoms. The summed E-state index contributed by atoms with van der Waals surface area (Å²) in [5.41, 5.74) is 9.59. The molecule has 0 bridgehead atoms. The second-order valence-electron chi connectivity index (χ2n) is 6.30. The van der Waals surface area contributed by atoms with Crippen molar-refractivity contribution in [3.05, 3.63) is 72.7 Å². The molecule has 5 nitrogen and oxygen atoms in total. The van der Waals surface area contributed by atoms with Gasteiger partial charge in [0.2, 0.25) is 0 Å². The molecule has 3 N–H and O–H groups in total. The highest BCUT2D eigenvalue weighted by Crippen LogP contribution is 2.39. The number of amides is 1. The number of aromatic nitrogens is 3. The Morgan fingerprint density at radius 2 is 1.89 bits per heavy atom. The van der Waals surface area contributed by atoms with Crippen LogP contribution < -0.4 is 5.73 Å². The van der Waals surface area contributed by atoms with E-state index in [1.165, 1.54) is 10.1 Å². The van der Waals surface area contributed by atoms with Crippen molar-refractivity contribution in [1.82, 2.24) is 15.2 Å². The van der Waals surface area contributed by atoms with E-state index in [1.807, 2.05) is 24.4 Å². The van der Waals surface area contributed by atoms with Crippen LogP contribution in [0.4, 0.5) is 0 Å². The van der Waals surface area contributed by atoms with Gasteiger partial charge in [0.05, 0.1) is 11.7 Å². The second kappa shape index (κ2) is 6.03. The Hall–Kier alpha value is -3.51.